The van der Waals surface area contributed by atoms with E-state index >= 15 is 0 Å². The van der Waals surface area contributed by atoms with Crippen LogP contribution in [0.4, 0.5) is 0 Å². The van der Waals surface area contributed by atoms with Crippen LogP contribution in [0, 0.1) is 12.8 Å². The number of carbonyl (C=O) groups is 1. The number of Topliss-reactive ketones (excluding diaryl/α,β-unsaturated/α-hetero) is 1. The molecule has 132 valence electrons. The lowest BCUT2D eigenvalue weighted by Crippen LogP contribution is -2.43. The van der Waals surface area contributed by atoms with Gasteiger partial charge in [-0.05, 0) is 44.4 Å². The van der Waals surface area contributed by atoms with Gasteiger partial charge in [0, 0.05) is 12.5 Å². The van der Waals surface area contributed by atoms with Crippen LogP contribution in [0.5, 0.6) is 0 Å². The molecule has 1 saturated heterocycles. The summed E-state index contributed by atoms with van der Waals surface area (Å²) in [6.45, 7) is 3.71. The molecular weight excluding hydrogens is 334 g/mol. The number of carbonyl (C=O) groups excluding carboxylic acids is 1. The maximum absolute atomic E-state index is 13.3. The van der Waals surface area contributed by atoms with Gasteiger partial charge in [0.2, 0.25) is 10.0 Å². The summed E-state index contributed by atoms with van der Waals surface area (Å²) in [4.78, 5) is 12.2. The number of nitrogens with zero attached hydrogens (tertiary/aromatic N) is 1. The fraction of sp³-hybridized carbons (Fsp3) is 0.350. The summed E-state index contributed by atoms with van der Waals surface area (Å²) >= 11 is 0. The highest BCUT2D eigenvalue weighted by Gasteiger charge is 2.39. The van der Waals surface area contributed by atoms with Crippen LogP contribution in [0.3, 0.4) is 0 Å². The zero-order valence-corrected chi connectivity index (χ0v) is 15.4. The van der Waals surface area contributed by atoms with E-state index in [-0.39, 0.29) is 29.2 Å². The lowest BCUT2D eigenvalue weighted by molar-refractivity contribution is -0.122. The first kappa shape index (κ1) is 17.8. The molecule has 0 amide bonds. The van der Waals surface area contributed by atoms with Gasteiger partial charge in [-0.1, -0.05) is 48.0 Å². The highest BCUT2D eigenvalue weighted by Crippen LogP contribution is 2.37. The summed E-state index contributed by atoms with van der Waals surface area (Å²) in [5.41, 5.74) is 1.99. The molecule has 0 saturated carbocycles. The van der Waals surface area contributed by atoms with Crippen LogP contribution < -0.4 is 0 Å². The van der Waals surface area contributed by atoms with Gasteiger partial charge in [0.05, 0.1) is 10.9 Å². The SMILES string of the molecule is CC(=O)[C@H]1CC[C@@H](c2ccccc2)N(S(=O)(=O)c2ccc(C)cc2)C1. The molecule has 0 aliphatic carbocycles. The molecule has 0 spiro atoms. The molecule has 2 aromatic carbocycles. The van der Waals surface area contributed by atoms with Crippen molar-refractivity contribution in [3.8, 4) is 0 Å². The van der Waals surface area contributed by atoms with Crippen LogP contribution in [-0.2, 0) is 14.8 Å². The molecule has 0 aromatic heterocycles. The fourth-order valence-corrected chi connectivity index (χ4v) is 5.08. The minimum atomic E-state index is -3.66. The summed E-state index contributed by atoms with van der Waals surface area (Å²) in [6, 6.07) is 16.3. The number of hydrogen-bond donors (Lipinski definition) is 0. The van der Waals surface area contributed by atoms with Crippen LogP contribution >= 0.6 is 0 Å². The van der Waals surface area contributed by atoms with E-state index in [0.717, 1.165) is 17.5 Å². The molecule has 0 unspecified atom stereocenters. The standard InChI is InChI=1S/C20H23NO3S/c1-15-8-11-19(12-9-15)25(23,24)21-14-18(16(2)22)10-13-20(21)17-6-4-3-5-7-17/h3-9,11-12,18,20H,10,13-14H2,1-2H3/t18-,20-/m0/s1. The van der Waals surface area contributed by atoms with Crippen molar-refractivity contribution < 1.29 is 13.2 Å². The molecule has 3 rings (SSSR count). The van der Waals surface area contributed by atoms with E-state index in [0.29, 0.717) is 6.42 Å². The van der Waals surface area contributed by atoms with Crippen molar-refractivity contribution in [1.82, 2.24) is 4.31 Å². The Morgan fingerprint density at radius 3 is 2.24 bits per heavy atom. The van der Waals surface area contributed by atoms with Gasteiger partial charge in [0.15, 0.2) is 0 Å². The molecule has 5 heteroatoms. The highest BCUT2D eigenvalue weighted by molar-refractivity contribution is 7.89. The van der Waals surface area contributed by atoms with Gasteiger partial charge in [0.1, 0.15) is 5.78 Å². The molecule has 1 aliphatic rings. The predicted octanol–water partition coefficient (Wildman–Crippen LogP) is 3.73. The summed E-state index contributed by atoms with van der Waals surface area (Å²) in [6.07, 6.45) is 1.37. The maximum Gasteiger partial charge on any atom is 0.243 e. The molecule has 1 fully saturated rings. The zero-order chi connectivity index (χ0) is 18.0. The van der Waals surface area contributed by atoms with Crippen LogP contribution in [-0.4, -0.2) is 25.1 Å². The first-order valence-corrected chi connectivity index (χ1v) is 9.97. The van der Waals surface area contributed by atoms with Crippen molar-refractivity contribution >= 4 is 15.8 Å². The molecule has 4 nitrogen and oxygen atoms in total. The quantitative estimate of drug-likeness (QED) is 0.838. The Bertz CT molecular complexity index is 844. The smallest absolute Gasteiger partial charge is 0.243 e. The third-order valence-electron chi connectivity index (χ3n) is 4.92. The molecule has 2 atom stereocenters. The normalized spacial score (nSPS) is 21.8. The molecule has 1 aliphatic heterocycles. The lowest BCUT2D eigenvalue weighted by Gasteiger charge is -2.38. The topological polar surface area (TPSA) is 54.5 Å². The third kappa shape index (κ3) is 3.67. The van der Waals surface area contributed by atoms with Gasteiger partial charge < -0.3 is 0 Å². The Morgan fingerprint density at radius 2 is 1.64 bits per heavy atom. The van der Waals surface area contributed by atoms with E-state index in [9.17, 15) is 13.2 Å². The lowest BCUT2D eigenvalue weighted by atomic mass is 9.89. The molecular formula is C20H23NO3S. The molecule has 25 heavy (non-hydrogen) atoms. The van der Waals surface area contributed by atoms with E-state index < -0.39 is 10.0 Å². The Kier molecular flexibility index (Phi) is 5.06. The first-order chi connectivity index (χ1) is 11.9. The van der Waals surface area contributed by atoms with Crippen molar-refractivity contribution in [3.63, 3.8) is 0 Å². The summed E-state index contributed by atoms with van der Waals surface area (Å²) in [7, 11) is -3.66. The first-order valence-electron chi connectivity index (χ1n) is 8.53. The number of benzene rings is 2. The van der Waals surface area contributed by atoms with Crippen molar-refractivity contribution in [1.29, 1.82) is 0 Å². The second kappa shape index (κ2) is 7.10. The highest BCUT2D eigenvalue weighted by atomic mass is 32.2. The summed E-state index contributed by atoms with van der Waals surface area (Å²) < 4.78 is 28.0. The summed E-state index contributed by atoms with van der Waals surface area (Å²) in [5.74, 6) is -0.184. The molecule has 1 heterocycles. The van der Waals surface area contributed by atoms with Gasteiger partial charge in [0.25, 0.3) is 0 Å². The van der Waals surface area contributed by atoms with Crippen molar-refractivity contribution in [2.45, 2.75) is 37.6 Å². The van der Waals surface area contributed by atoms with Gasteiger partial charge >= 0.3 is 0 Å². The second-order valence-electron chi connectivity index (χ2n) is 6.70. The van der Waals surface area contributed by atoms with Crippen LogP contribution in [0.1, 0.15) is 36.9 Å². The van der Waals surface area contributed by atoms with E-state index in [1.807, 2.05) is 37.3 Å². The molecule has 0 radical (unpaired) electrons. The number of aryl methyl sites for hydroxylation is 1. The fourth-order valence-electron chi connectivity index (χ4n) is 3.39. The average Bonchev–Trinajstić information content (AvgIpc) is 2.62. The number of sulfonamides is 1. The second-order valence-corrected chi connectivity index (χ2v) is 8.59. The Hall–Kier alpha value is -1.98. The largest absolute Gasteiger partial charge is 0.300 e. The van der Waals surface area contributed by atoms with Gasteiger partial charge in [-0.25, -0.2) is 8.42 Å². The third-order valence-corrected chi connectivity index (χ3v) is 6.81. The van der Waals surface area contributed by atoms with Crippen molar-refractivity contribution in [3.05, 3.63) is 65.7 Å². The number of rotatable bonds is 4. The van der Waals surface area contributed by atoms with E-state index in [4.69, 9.17) is 0 Å². The monoisotopic (exact) mass is 357 g/mol. The number of hydrogen-bond acceptors (Lipinski definition) is 3. The van der Waals surface area contributed by atoms with Crippen LogP contribution in [0.2, 0.25) is 0 Å². The van der Waals surface area contributed by atoms with E-state index in [2.05, 4.69) is 0 Å². The predicted molar refractivity (Wildman–Crippen MR) is 97.7 cm³/mol. The van der Waals surface area contributed by atoms with E-state index in [1.165, 1.54) is 4.31 Å². The van der Waals surface area contributed by atoms with Crippen LogP contribution in [0.15, 0.2) is 59.5 Å². The number of ketones is 1. The minimum absolute atomic E-state index is 0.0515. The Labute approximate surface area is 149 Å². The molecule has 0 N–H and O–H groups in total. The zero-order valence-electron chi connectivity index (χ0n) is 14.6. The molecule has 0 bridgehead atoms. The Morgan fingerprint density at radius 1 is 1.00 bits per heavy atom. The van der Waals surface area contributed by atoms with Crippen molar-refractivity contribution in [2.75, 3.05) is 6.54 Å². The Balaban J connectivity index is 2.02. The van der Waals surface area contributed by atoms with Gasteiger partial charge in [-0.15, -0.1) is 0 Å². The summed E-state index contributed by atoms with van der Waals surface area (Å²) in [5, 5.41) is 0. The van der Waals surface area contributed by atoms with Crippen molar-refractivity contribution in [2.24, 2.45) is 5.92 Å². The number of piperidine rings is 1. The van der Waals surface area contributed by atoms with Gasteiger partial charge in [-0.3, -0.25) is 4.79 Å². The average molecular weight is 357 g/mol. The molecule has 2 aromatic rings. The van der Waals surface area contributed by atoms with Crippen LogP contribution in [0.25, 0.3) is 0 Å². The maximum atomic E-state index is 13.3. The van der Waals surface area contributed by atoms with Gasteiger partial charge in [-0.2, -0.15) is 4.31 Å². The minimum Gasteiger partial charge on any atom is -0.300 e. The van der Waals surface area contributed by atoms with E-state index in [1.54, 1.807) is 31.2 Å².